The molecule has 0 spiro atoms. The summed E-state index contributed by atoms with van der Waals surface area (Å²) in [5, 5.41) is 1.35. The van der Waals surface area contributed by atoms with E-state index in [1.807, 2.05) is 11.3 Å². The van der Waals surface area contributed by atoms with Crippen LogP contribution < -0.4 is 25.5 Å². The molecule has 0 radical (unpaired) electrons. The van der Waals surface area contributed by atoms with Crippen LogP contribution in [-0.2, 0) is 32.5 Å². The number of thiophene rings is 1. The lowest BCUT2D eigenvalue weighted by Gasteiger charge is -2.44. The van der Waals surface area contributed by atoms with Crippen molar-refractivity contribution >= 4 is 78.0 Å². The first-order valence-electron chi connectivity index (χ1n) is 24.5. The molecule has 7 aromatic rings. The first-order chi connectivity index (χ1) is 30.6. The Kier molecular flexibility index (Phi) is 9.82. The molecule has 1 aliphatic carbocycles. The summed E-state index contributed by atoms with van der Waals surface area (Å²) in [6.45, 7) is 40.2. The third-order valence-electron chi connectivity index (χ3n) is 15.3. The highest BCUT2D eigenvalue weighted by atomic mass is 32.1. The highest BCUT2D eigenvalue weighted by Gasteiger charge is 2.47. The van der Waals surface area contributed by atoms with Crippen LogP contribution in [0.2, 0.25) is 0 Å². The van der Waals surface area contributed by atoms with Crippen LogP contribution in [0, 0.1) is 6.92 Å². The fourth-order valence-electron chi connectivity index (χ4n) is 11.8. The monoisotopic (exact) mass is 887 g/mol. The second kappa shape index (κ2) is 14.5. The van der Waals surface area contributed by atoms with Crippen LogP contribution in [0.3, 0.4) is 0 Å². The number of rotatable bonds is 3. The molecule has 2 nitrogen and oxygen atoms in total. The molecular weight excluding hydrogens is 816 g/mol. The Bertz CT molecular complexity index is 3110. The summed E-state index contributed by atoms with van der Waals surface area (Å²) in [6, 6.07) is 43.9. The molecule has 10 rings (SSSR count). The van der Waals surface area contributed by atoms with Crippen molar-refractivity contribution < 1.29 is 0 Å². The van der Waals surface area contributed by atoms with Crippen molar-refractivity contribution in [2.24, 2.45) is 0 Å². The van der Waals surface area contributed by atoms with Gasteiger partial charge in [-0.3, -0.25) is 0 Å². The van der Waals surface area contributed by atoms with Crippen molar-refractivity contribution in [3.8, 4) is 11.1 Å². The summed E-state index contributed by atoms with van der Waals surface area (Å²) in [5.41, 5.74) is 22.8. The van der Waals surface area contributed by atoms with Crippen LogP contribution in [0.15, 0.2) is 109 Å². The highest BCUT2D eigenvalue weighted by molar-refractivity contribution is 7.33. The summed E-state index contributed by atoms with van der Waals surface area (Å²) >= 11 is 2.01. The predicted octanol–water partition coefficient (Wildman–Crippen LogP) is 16.1. The minimum absolute atomic E-state index is 0.0141. The summed E-state index contributed by atoms with van der Waals surface area (Å²) in [5.74, 6) is 0. The molecule has 2 aliphatic heterocycles. The Morgan fingerprint density at radius 1 is 0.500 bits per heavy atom. The number of fused-ring (bicyclic) bond motifs is 7. The molecule has 66 heavy (non-hydrogen) atoms. The fraction of sp³-hybridized carbons (Fsp3) is 0.387. The van der Waals surface area contributed by atoms with Crippen molar-refractivity contribution in [1.82, 2.24) is 0 Å². The first kappa shape index (κ1) is 44.8. The van der Waals surface area contributed by atoms with Gasteiger partial charge in [0.05, 0.1) is 11.4 Å². The maximum Gasteiger partial charge on any atom is 0.264 e. The maximum atomic E-state index is 2.69. The number of benzene rings is 6. The third-order valence-corrected chi connectivity index (χ3v) is 16.5. The van der Waals surface area contributed by atoms with Gasteiger partial charge >= 0.3 is 0 Å². The molecule has 0 bridgehead atoms. The molecule has 6 aromatic carbocycles. The van der Waals surface area contributed by atoms with Gasteiger partial charge in [-0.15, -0.1) is 11.3 Å². The summed E-state index contributed by atoms with van der Waals surface area (Å²) < 4.78 is 2.78. The maximum absolute atomic E-state index is 2.69. The molecule has 0 amide bonds. The van der Waals surface area contributed by atoms with Gasteiger partial charge in [0, 0.05) is 43.2 Å². The van der Waals surface area contributed by atoms with E-state index in [1.54, 1.807) is 0 Å². The Morgan fingerprint density at radius 3 is 1.65 bits per heavy atom. The molecule has 1 aromatic heterocycles. The minimum Gasteiger partial charge on any atom is -0.311 e. The Labute approximate surface area is 401 Å². The molecule has 0 N–H and O–H groups in total. The van der Waals surface area contributed by atoms with Gasteiger partial charge in [-0.05, 0) is 156 Å². The van der Waals surface area contributed by atoms with Crippen molar-refractivity contribution in [3.05, 3.63) is 148 Å². The quantitative estimate of drug-likeness (QED) is 0.163. The largest absolute Gasteiger partial charge is 0.311 e. The van der Waals surface area contributed by atoms with E-state index in [4.69, 9.17) is 0 Å². The van der Waals surface area contributed by atoms with E-state index in [0.717, 1.165) is 6.42 Å². The van der Waals surface area contributed by atoms with Crippen LogP contribution in [0.25, 0.3) is 21.2 Å². The van der Waals surface area contributed by atoms with Crippen LogP contribution in [0.1, 0.15) is 156 Å². The molecule has 4 heteroatoms. The average Bonchev–Trinajstić information content (AvgIpc) is 3.68. The summed E-state index contributed by atoms with van der Waals surface area (Å²) in [7, 11) is 0. The van der Waals surface area contributed by atoms with E-state index in [1.165, 1.54) is 110 Å². The summed E-state index contributed by atoms with van der Waals surface area (Å²) in [4.78, 5) is 5.34. The molecule has 3 heterocycles. The number of hydrogen-bond donors (Lipinski definition) is 0. The smallest absolute Gasteiger partial charge is 0.264 e. The van der Waals surface area contributed by atoms with Crippen molar-refractivity contribution in [3.63, 3.8) is 0 Å². The van der Waals surface area contributed by atoms with Crippen LogP contribution in [0.4, 0.5) is 34.1 Å². The SMILES string of the molecule is Cc1cc2c3c(c1)N(c1ccc4c(c1)C(C)(C)CC4(C)C)c1c(sc4ccc(C(C)(C)C)cc14)B3c1cc(C(C)(C)C)ccc1N2c1ccc(C(C)(C)C)cc1-c1ccc(C(C)(C)C)cc1. The molecule has 338 valence electrons. The predicted molar refractivity (Wildman–Crippen MR) is 291 cm³/mol. The van der Waals surface area contributed by atoms with E-state index in [0.29, 0.717) is 0 Å². The topological polar surface area (TPSA) is 6.48 Å². The molecule has 3 aliphatic rings. The molecule has 0 fully saturated rings. The lowest BCUT2D eigenvalue weighted by molar-refractivity contribution is 0.403. The normalized spacial score (nSPS) is 16.3. The van der Waals surface area contributed by atoms with E-state index >= 15 is 0 Å². The minimum atomic E-state index is -0.0269. The standard InChI is InChI=1S/C62H71BN2S/c1-37-30-51-54-52(31-37)65(49-27-22-40(58(5,6)7)32-44(49)38-18-20-39(21-19-38)57(2,3)4)50-28-23-42(60(11,12)13)34-48(50)63(54)56-55(45-33-41(59(8,9)10)24-29-53(45)66-56)64(51)43-25-26-46-47(35-43)62(16,17)36-61(46,14)15/h18-35H,36H2,1-17H3. The van der Waals surface area contributed by atoms with Crippen LogP contribution in [0.5, 0.6) is 0 Å². The summed E-state index contributed by atoms with van der Waals surface area (Å²) in [6.07, 6.45) is 1.14. The van der Waals surface area contributed by atoms with Gasteiger partial charge in [-0.2, -0.15) is 0 Å². The zero-order valence-corrected chi connectivity index (χ0v) is 43.8. The van der Waals surface area contributed by atoms with Crippen molar-refractivity contribution in [2.75, 3.05) is 9.80 Å². The Balaban J connectivity index is 1.32. The number of nitrogens with zero attached hydrogens (tertiary/aromatic N) is 2. The lowest BCUT2D eigenvalue weighted by atomic mass is 9.36. The fourth-order valence-corrected chi connectivity index (χ4v) is 13.1. The second-order valence-corrected chi connectivity index (χ2v) is 26.7. The Morgan fingerprint density at radius 2 is 1.03 bits per heavy atom. The molecular formula is C62H71BN2S. The van der Waals surface area contributed by atoms with Crippen LogP contribution >= 0.6 is 11.3 Å². The number of aryl methyl sites for hydroxylation is 1. The van der Waals surface area contributed by atoms with E-state index < -0.39 is 0 Å². The second-order valence-electron chi connectivity index (χ2n) is 25.6. The van der Waals surface area contributed by atoms with Gasteiger partial charge < -0.3 is 9.80 Å². The number of hydrogen-bond acceptors (Lipinski definition) is 3. The van der Waals surface area contributed by atoms with E-state index in [2.05, 4.69) is 237 Å². The van der Waals surface area contributed by atoms with Gasteiger partial charge in [0.15, 0.2) is 0 Å². The number of anilines is 6. The average molecular weight is 887 g/mol. The first-order valence-corrected chi connectivity index (χ1v) is 25.3. The van der Waals surface area contributed by atoms with Crippen molar-refractivity contribution in [1.29, 1.82) is 0 Å². The zero-order chi connectivity index (χ0) is 47.4. The molecule has 0 saturated carbocycles. The van der Waals surface area contributed by atoms with Gasteiger partial charge in [0.25, 0.3) is 6.71 Å². The molecule has 0 atom stereocenters. The highest BCUT2D eigenvalue weighted by Crippen LogP contribution is 2.54. The molecule has 0 unspecified atom stereocenters. The van der Waals surface area contributed by atoms with Gasteiger partial charge in [-0.1, -0.05) is 165 Å². The van der Waals surface area contributed by atoms with Gasteiger partial charge in [0.1, 0.15) is 0 Å². The van der Waals surface area contributed by atoms with Gasteiger partial charge in [0.2, 0.25) is 0 Å². The Hall–Kier alpha value is -5.06. The lowest BCUT2D eigenvalue weighted by Crippen LogP contribution is -2.60. The van der Waals surface area contributed by atoms with E-state index in [-0.39, 0.29) is 39.2 Å². The van der Waals surface area contributed by atoms with Gasteiger partial charge in [-0.25, -0.2) is 0 Å². The van der Waals surface area contributed by atoms with Crippen LogP contribution in [-0.4, -0.2) is 6.71 Å². The van der Waals surface area contributed by atoms with Crippen molar-refractivity contribution in [2.45, 2.75) is 157 Å². The third kappa shape index (κ3) is 7.10. The molecule has 0 saturated heterocycles. The van der Waals surface area contributed by atoms with E-state index in [9.17, 15) is 0 Å². The zero-order valence-electron chi connectivity index (χ0n) is 43.0.